The van der Waals surface area contributed by atoms with E-state index in [1.807, 2.05) is 12.1 Å². The van der Waals surface area contributed by atoms with E-state index in [2.05, 4.69) is 205 Å². The molecule has 0 fully saturated rings. The molecule has 0 saturated carbocycles. The molecule has 3 aliphatic carbocycles. The van der Waals surface area contributed by atoms with E-state index in [1.54, 1.807) is 0 Å². The molecule has 10 aromatic rings. The van der Waals surface area contributed by atoms with E-state index in [1.165, 1.54) is 61.3 Å². The molecule has 1 heterocycles. The van der Waals surface area contributed by atoms with Crippen LogP contribution < -0.4 is 4.90 Å². The van der Waals surface area contributed by atoms with Gasteiger partial charge in [-0.25, -0.2) is 0 Å². The predicted octanol–water partition coefficient (Wildman–Crippen LogP) is 15.0. The molecule has 2 heteroatoms. The quantitative estimate of drug-likeness (QED) is 0.169. The van der Waals surface area contributed by atoms with Gasteiger partial charge in [0.15, 0.2) is 0 Å². The highest BCUT2D eigenvalue weighted by molar-refractivity contribution is 6.06. The van der Waals surface area contributed by atoms with Crippen LogP contribution in [-0.4, -0.2) is 0 Å². The van der Waals surface area contributed by atoms with Gasteiger partial charge < -0.3 is 9.32 Å². The van der Waals surface area contributed by atoms with Crippen LogP contribution in [0.25, 0.3) is 55.3 Å². The van der Waals surface area contributed by atoms with Gasteiger partial charge in [0.25, 0.3) is 0 Å². The molecule has 0 saturated heterocycles. The van der Waals surface area contributed by atoms with Crippen molar-refractivity contribution in [3.8, 4) is 33.4 Å². The van der Waals surface area contributed by atoms with Crippen molar-refractivity contribution in [1.29, 1.82) is 0 Å². The fraction of sp³-hybridized carbons (Fsp3) is 0.0357. The van der Waals surface area contributed by atoms with Crippen LogP contribution in [0.15, 0.2) is 217 Å². The average Bonchev–Trinajstić information content (AvgIpc) is 3.68. The van der Waals surface area contributed by atoms with Gasteiger partial charge in [-0.1, -0.05) is 164 Å². The number of para-hydroxylation sites is 1. The smallest absolute Gasteiger partial charge is 0.136 e. The summed E-state index contributed by atoms with van der Waals surface area (Å²) in [6.07, 6.45) is 0. The van der Waals surface area contributed by atoms with E-state index in [4.69, 9.17) is 4.42 Å². The topological polar surface area (TPSA) is 16.4 Å². The van der Waals surface area contributed by atoms with Crippen LogP contribution in [0.3, 0.4) is 0 Å². The number of fused-ring (bicyclic) bond motifs is 3. The van der Waals surface area contributed by atoms with Gasteiger partial charge in [0.1, 0.15) is 11.2 Å². The molecule has 1 aromatic heterocycles. The largest absolute Gasteiger partial charge is 0.456 e. The second-order valence-electron chi connectivity index (χ2n) is 15.6. The molecular formula is C56H37NO. The van der Waals surface area contributed by atoms with Crippen molar-refractivity contribution in [2.75, 3.05) is 4.90 Å². The Morgan fingerprint density at radius 1 is 0.328 bits per heavy atom. The third-order valence-corrected chi connectivity index (χ3v) is 12.5. The van der Waals surface area contributed by atoms with E-state index >= 15 is 0 Å². The molecule has 0 N–H and O–H groups in total. The van der Waals surface area contributed by atoms with Gasteiger partial charge in [-0.3, -0.25) is 0 Å². The Labute approximate surface area is 337 Å². The van der Waals surface area contributed by atoms with E-state index < -0.39 is 0 Å². The summed E-state index contributed by atoms with van der Waals surface area (Å²) in [5.74, 6) is 0.215. The Morgan fingerprint density at radius 2 is 0.793 bits per heavy atom. The lowest BCUT2D eigenvalue weighted by molar-refractivity contribution is 0.669. The Hall–Kier alpha value is -7.42. The van der Waals surface area contributed by atoms with Gasteiger partial charge in [-0.15, -0.1) is 0 Å². The van der Waals surface area contributed by atoms with Crippen molar-refractivity contribution in [1.82, 2.24) is 0 Å². The molecule has 0 amide bonds. The Balaban J connectivity index is 1.06. The molecule has 3 aliphatic rings. The van der Waals surface area contributed by atoms with E-state index in [9.17, 15) is 0 Å². The van der Waals surface area contributed by atoms with Gasteiger partial charge in [0, 0.05) is 34.0 Å². The zero-order valence-electron chi connectivity index (χ0n) is 31.7. The Morgan fingerprint density at radius 3 is 1.41 bits per heavy atom. The van der Waals surface area contributed by atoms with E-state index in [0.29, 0.717) is 0 Å². The summed E-state index contributed by atoms with van der Waals surface area (Å²) in [5, 5.41) is 2.29. The van der Waals surface area contributed by atoms with Crippen molar-refractivity contribution >= 4 is 39.0 Å². The van der Waals surface area contributed by atoms with E-state index in [0.717, 1.165) is 44.4 Å². The maximum Gasteiger partial charge on any atom is 0.136 e. The zero-order valence-corrected chi connectivity index (χ0v) is 31.7. The minimum Gasteiger partial charge on any atom is -0.456 e. The molecule has 58 heavy (non-hydrogen) atoms. The van der Waals surface area contributed by atoms with Crippen LogP contribution in [0.1, 0.15) is 45.2 Å². The third-order valence-electron chi connectivity index (χ3n) is 12.5. The molecule has 13 rings (SSSR count). The molecule has 2 nitrogen and oxygen atoms in total. The molecule has 2 bridgehead atoms. The second-order valence-corrected chi connectivity index (χ2v) is 15.6. The van der Waals surface area contributed by atoms with Gasteiger partial charge in [0.05, 0.1) is 5.69 Å². The van der Waals surface area contributed by atoms with Gasteiger partial charge in [-0.05, 0) is 115 Å². The predicted molar refractivity (Wildman–Crippen MR) is 239 cm³/mol. The van der Waals surface area contributed by atoms with Gasteiger partial charge in [0.2, 0.25) is 0 Å². The summed E-state index contributed by atoms with van der Waals surface area (Å²) < 4.78 is 6.29. The fourth-order valence-electron chi connectivity index (χ4n) is 9.90. The molecule has 0 unspecified atom stereocenters. The number of furan rings is 1. The van der Waals surface area contributed by atoms with Crippen LogP contribution in [-0.2, 0) is 0 Å². The number of rotatable bonds is 6. The van der Waals surface area contributed by atoms with Crippen LogP contribution in [0, 0.1) is 0 Å². The highest BCUT2D eigenvalue weighted by Crippen LogP contribution is 2.61. The summed E-state index contributed by atoms with van der Waals surface area (Å²) in [4.78, 5) is 2.49. The van der Waals surface area contributed by atoms with Crippen molar-refractivity contribution in [3.63, 3.8) is 0 Å². The molecule has 9 aromatic carbocycles. The lowest BCUT2D eigenvalue weighted by Crippen LogP contribution is -2.30. The van der Waals surface area contributed by atoms with Crippen molar-refractivity contribution in [3.05, 3.63) is 246 Å². The molecule has 0 atom stereocenters. The first-order valence-electron chi connectivity index (χ1n) is 20.2. The first-order chi connectivity index (χ1) is 28.8. The minimum absolute atomic E-state index is 0.0898. The minimum atomic E-state index is 0.0898. The van der Waals surface area contributed by atoms with Crippen LogP contribution in [0.4, 0.5) is 17.1 Å². The highest BCUT2D eigenvalue weighted by atomic mass is 16.3. The first-order valence-corrected chi connectivity index (χ1v) is 20.2. The van der Waals surface area contributed by atoms with Gasteiger partial charge in [-0.2, -0.15) is 0 Å². The molecule has 272 valence electrons. The second kappa shape index (κ2) is 13.1. The number of hydrogen-bond acceptors (Lipinski definition) is 2. The average molecular weight is 740 g/mol. The normalized spacial score (nSPS) is 14.9. The first kappa shape index (κ1) is 32.8. The van der Waals surface area contributed by atoms with Gasteiger partial charge >= 0.3 is 0 Å². The zero-order chi connectivity index (χ0) is 38.2. The number of nitrogens with zero attached hydrogens (tertiary/aromatic N) is 1. The standard InChI is InChI=1S/C56H37NO/c1-3-13-36(14-4-1)37-23-28-41(29-24-37)57(42-30-25-38(26-31-42)40-27-32-45-44-17-11-12-22-51(44)58-52(45)35-40)50-34-33-43(39-15-5-2-6-16-39)55-53-46-18-7-9-20-48(46)54(56(50)55)49-21-10-8-19-47(49)53/h1-35,53-54H. The molecule has 0 spiro atoms. The van der Waals surface area contributed by atoms with Crippen LogP contribution in [0.5, 0.6) is 0 Å². The molecule has 0 aliphatic heterocycles. The summed E-state index contributed by atoms with van der Waals surface area (Å²) >= 11 is 0. The number of hydrogen-bond donors (Lipinski definition) is 0. The lowest BCUT2D eigenvalue weighted by Gasteiger charge is -2.45. The maximum atomic E-state index is 6.29. The van der Waals surface area contributed by atoms with Crippen LogP contribution in [0.2, 0.25) is 0 Å². The Bertz CT molecular complexity index is 3110. The van der Waals surface area contributed by atoms with Crippen molar-refractivity contribution in [2.24, 2.45) is 0 Å². The van der Waals surface area contributed by atoms with Crippen molar-refractivity contribution in [2.45, 2.75) is 11.8 Å². The number of anilines is 3. The monoisotopic (exact) mass is 739 g/mol. The maximum absolute atomic E-state index is 6.29. The summed E-state index contributed by atoms with van der Waals surface area (Å²) in [7, 11) is 0. The third kappa shape index (κ3) is 5.05. The summed E-state index contributed by atoms with van der Waals surface area (Å²) in [6, 6.07) is 77.6. The molecule has 0 radical (unpaired) electrons. The van der Waals surface area contributed by atoms with Crippen LogP contribution >= 0.6 is 0 Å². The Kier molecular flexibility index (Phi) is 7.39. The molecular weight excluding hydrogens is 703 g/mol. The lowest BCUT2D eigenvalue weighted by atomic mass is 9.59. The summed E-state index contributed by atoms with van der Waals surface area (Å²) in [5.41, 5.74) is 20.9. The van der Waals surface area contributed by atoms with E-state index in [-0.39, 0.29) is 11.8 Å². The summed E-state index contributed by atoms with van der Waals surface area (Å²) in [6.45, 7) is 0. The fourth-order valence-corrected chi connectivity index (χ4v) is 9.90. The number of benzene rings is 9. The van der Waals surface area contributed by atoms with Crippen molar-refractivity contribution < 1.29 is 4.42 Å². The SMILES string of the molecule is c1ccc(-c2ccc(N(c3ccc(-c4ccc5c(c4)oc4ccccc45)cc3)c3ccc(-c4ccccc4)c4c3C3c5ccccc5C4c4ccccc43)cc2)cc1. The highest BCUT2D eigenvalue weighted by Gasteiger charge is 2.44.